The molecule has 23 heavy (non-hydrogen) atoms. The lowest BCUT2D eigenvalue weighted by Crippen LogP contribution is -2.26. The molecule has 1 heterocycles. The van der Waals surface area contributed by atoms with Gasteiger partial charge in [-0.25, -0.2) is 0 Å². The lowest BCUT2D eigenvalue weighted by molar-refractivity contribution is 0.0914. The van der Waals surface area contributed by atoms with E-state index in [0.717, 1.165) is 21.2 Å². The van der Waals surface area contributed by atoms with Crippen molar-refractivity contribution in [2.24, 2.45) is 0 Å². The molecule has 0 radical (unpaired) electrons. The van der Waals surface area contributed by atoms with Gasteiger partial charge in [0.25, 0.3) is 5.91 Å². The van der Waals surface area contributed by atoms with Crippen molar-refractivity contribution in [1.82, 2.24) is 5.32 Å². The highest BCUT2D eigenvalue weighted by molar-refractivity contribution is 9.10. The Bertz CT molecular complexity index is 839. The van der Waals surface area contributed by atoms with Gasteiger partial charge in [0.05, 0.1) is 13.2 Å². The molecule has 1 aromatic heterocycles. The highest BCUT2D eigenvalue weighted by Gasteiger charge is 2.16. The summed E-state index contributed by atoms with van der Waals surface area (Å²) in [6, 6.07) is 14.9. The first-order chi connectivity index (χ1) is 11.1. The third-order valence-corrected chi connectivity index (χ3v) is 4.16. The van der Waals surface area contributed by atoms with Gasteiger partial charge in [0.15, 0.2) is 5.76 Å². The number of furan rings is 1. The smallest absolute Gasteiger partial charge is 0.287 e. The Labute approximate surface area is 142 Å². The minimum absolute atomic E-state index is 0.131. The molecule has 1 amide bonds. The van der Waals surface area contributed by atoms with Gasteiger partial charge >= 0.3 is 0 Å². The van der Waals surface area contributed by atoms with E-state index in [9.17, 15) is 4.79 Å². The Morgan fingerprint density at radius 2 is 1.91 bits per heavy atom. The monoisotopic (exact) mass is 373 g/mol. The summed E-state index contributed by atoms with van der Waals surface area (Å²) >= 11 is 3.39. The fourth-order valence-corrected chi connectivity index (χ4v) is 2.70. The van der Waals surface area contributed by atoms with Gasteiger partial charge < -0.3 is 14.5 Å². The fraction of sp³-hybridized carbons (Fsp3) is 0.167. The molecule has 0 saturated carbocycles. The van der Waals surface area contributed by atoms with Crippen molar-refractivity contribution in [2.45, 2.75) is 13.0 Å². The lowest BCUT2D eigenvalue weighted by Gasteiger charge is -2.13. The minimum Gasteiger partial charge on any atom is -0.497 e. The van der Waals surface area contributed by atoms with Gasteiger partial charge in [-0.2, -0.15) is 0 Å². The first-order valence-corrected chi connectivity index (χ1v) is 8.00. The van der Waals surface area contributed by atoms with Crippen LogP contribution in [-0.2, 0) is 0 Å². The van der Waals surface area contributed by atoms with Crippen LogP contribution < -0.4 is 10.1 Å². The summed E-state index contributed by atoms with van der Waals surface area (Å²) in [6.07, 6.45) is 0. The van der Waals surface area contributed by atoms with E-state index in [1.165, 1.54) is 0 Å². The predicted octanol–water partition coefficient (Wildman–Crippen LogP) is 4.69. The second-order valence-electron chi connectivity index (χ2n) is 5.26. The van der Waals surface area contributed by atoms with E-state index in [1.54, 1.807) is 13.2 Å². The average Bonchev–Trinajstić information content (AvgIpc) is 2.98. The van der Waals surface area contributed by atoms with E-state index in [0.29, 0.717) is 11.3 Å². The van der Waals surface area contributed by atoms with Crippen LogP contribution in [0, 0.1) is 0 Å². The fourth-order valence-electron chi connectivity index (χ4n) is 2.36. The standard InChI is InChI=1S/C18H16BrNO3/c1-11(12-4-7-15(22-2)8-5-12)20-18(21)17-9-13-3-6-14(19)10-16(13)23-17/h3-11H,1-2H3,(H,20,21). The van der Waals surface area contributed by atoms with Crippen LogP contribution in [0.4, 0.5) is 0 Å². The Balaban J connectivity index is 1.76. The third kappa shape index (κ3) is 3.40. The molecule has 0 aliphatic carbocycles. The Hall–Kier alpha value is -2.27. The van der Waals surface area contributed by atoms with Crippen LogP contribution in [0.2, 0.25) is 0 Å². The zero-order valence-electron chi connectivity index (χ0n) is 12.8. The Kier molecular flexibility index (Phi) is 4.39. The molecule has 0 fully saturated rings. The molecule has 0 bridgehead atoms. The van der Waals surface area contributed by atoms with Crippen molar-refractivity contribution in [2.75, 3.05) is 7.11 Å². The molecule has 0 spiro atoms. The number of methoxy groups -OCH3 is 1. The van der Waals surface area contributed by atoms with Crippen LogP contribution in [-0.4, -0.2) is 13.0 Å². The van der Waals surface area contributed by atoms with E-state index in [4.69, 9.17) is 9.15 Å². The number of carbonyl (C=O) groups is 1. The van der Waals surface area contributed by atoms with Crippen molar-refractivity contribution in [3.8, 4) is 5.75 Å². The first kappa shape index (κ1) is 15.6. The molecule has 0 aliphatic heterocycles. The van der Waals surface area contributed by atoms with Crippen molar-refractivity contribution >= 4 is 32.8 Å². The van der Waals surface area contributed by atoms with Crippen LogP contribution in [0.5, 0.6) is 5.75 Å². The molecular formula is C18H16BrNO3. The number of rotatable bonds is 4. The maximum atomic E-state index is 12.4. The molecule has 5 heteroatoms. The molecule has 3 rings (SSSR count). The number of carbonyl (C=O) groups excluding carboxylic acids is 1. The molecule has 0 saturated heterocycles. The summed E-state index contributed by atoms with van der Waals surface area (Å²) in [6.45, 7) is 1.93. The SMILES string of the molecule is COc1ccc(C(C)NC(=O)c2cc3ccc(Br)cc3o2)cc1. The number of nitrogens with one attached hydrogen (secondary N) is 1. The zero-order chi connectivity index (χ0) is 16.4. The van der Waals surface area contributed by atoms with Gasteiger partial charge in [-0.15, -0.1) is 0 Å². The Morgan fingerprint density at radius 1 is 1.17 bits per heavy atom. The van der Waals surface area contributed by atoms with Crippen LogP contribution in [0.3, 0.4) is 0 Å². The molecular weight excluding hydrogens is 358 g/mol. The van der Waals surface area contributed by atoms with E-state index in [1.807, 2.05) is 49.4 Å². The van der Waals surface area contributed by atoms with Crippen LogP contribution in [0.25, 0.3) is 11.0 Å². The summed E-state index contributed by atoms with van der Waals surface area (Å²) in [5, 5.41) is 3.84. The van der Waals surface area contributed by atoms with Crippen LogP contribution >= 0.6 is 15.9 Å². The lowest BCUT2D eigenvalue weighted by atomic mass is 10.1. The summed E-state index contributed by atoms with van der Waals surface area (Å²) in [5.41, 5.74) is 1.68. The number of hydrogen-bond donors (Lipinski definition) is 1. The average molecular weight is 374 g/mol. The van der Waals surface area contributed by atoms with Gasteiger partial charge in [-0.3, -0.25) is 4.79 Å². The number of benzene rings is 2. The first-order valence-electron chi connectivity index (χ1n) is 7.21. The quantitative estimate of drug-likeness (QED) is 0.721. The van der Waals surface area contributed by atoms with Gasteiger partial charge in [0.2, 0.25) is 0 Å². The van der Waals surface area contributed by atoms with E-state index < -0.39 is 0 Å². The molecule has 0 aliphatic rings. The summed E-state index contributed by atoms with van der Waals surface area (Å²) in [7, 11) is 1.63. The highest BCUT2D eigenvalue weighted by atomic mass is 79.9. The number of fused-ring (bicyclic) bond motifs is 1. The van der Waals surface area contributed by atoms with E-state index >= 15 is 0 Å². The normalized spacial score (nSPS) is 12.1. The van der Waals surface area contributed by atoms with Gasteiger partial charge in [0, 0.05) is 9.86 Å². The van der Waals surface area contributed by atoms with E-state index in [2.05, 4.69) is 21.2 Å². The molecule has 3 aromatic rings. The minimum atomic E-state index is -0.236. The van der Waals surface area contributed by atoms with Gasteiger partial charge in [-0.05, 0) is 48.9 Å². The second-order valence-corrected chi connectivity index (χ2v) is 6.18. The molecule has 1 N–H and O–H groups in total. The van der Waals surface area contributed by atoms with Crippen molar-refractivity contribution < 1.29 is 13.9 Å². The Morgan fingerprint density at radius 3 is 2.61 bits per heavy atom. The van der Waals surface area contributed by atoms with E-state index in [-0.39, 0.29) is 11.9 Å². The molecule has 1 atom stereocenters. The highest BCUT2D eigenvalue weighted by Crippen LogP contribution is 2.24. The van der Waals surface area contributed by atoms with Gasteiger partial charge in [-0.1, -0.05) is 28.1 Å². The largest absolute Gasteiger partial charge is 0.497 e. The van der Waals surface area contributed by atoms with Gasteiger partial charge in [0.1, 0.15) is 11.3 Å². The summed E-state index contributed by atoms with van der Waals surface area (Å²) in [5.74, 6) is 0.856. The summed E-state index contributed by atoms with van der Waals surface area (Å²) < 4.78 is 11.7. The summed E-state index contributed by atoms with van der Waals surface area (Å²) in [4.78, 5) is 12.4. The maximum absolute atomic E-state index is 12.4. The van der Waals surface area contributed by atoms with Crippen molar-refractivity contribution in [3.63, 3.8) is 0 Å². The maximum Gasteiger partial charge on any atom is 0.287 e. The second kappa shape index (κ2) is 6.46. The molecule has 2 aromatic carbocycles. The van der Waals surface area contributed by atoms with Crippen LogP contribution in [0.15, 0.2) is 57.4 Å². The van der Waals surface area contributed by atoms with Crippen molar-refractivity contribution in [3.05, 3.63) is 64.3 Å². The molecule has 118 valence electrons. The molecule has 1 unspecified atom stereocenters. The predicted molar refractivity (Wildman–Crippen MR) is 92.8 cm³/mol. The third-order valence-electron chi connectivity index (χ3n) is 3.67. The topological polar surface area (TPSA) is 51.5 Å². The number of hydrogen-bond acceptors (Lipinski definition) is 3. The number of amides is 1. The van der Waals surface area contributed by atoms with Crippen molar-refractivity contribution in [1.29, 1.82) is 0 Å². The number of ether oxygens (including phenoxy) is 1. The number of halogens is 1. The van der Waals surface area contributed by atoms with Crippen LogP contribution in [0.1, 0.15) is 29.1 Å². The zero-order valence-corrected chi connectivity index (χ0v) is 14.4. The molecule has 4 nitrogen and oxygen atoms in total.